The number of hydrogen-bond acceptors (Lipinski definition) is 5. The zero-order valence-corrected chi connectivity index (χ0v) is 13.2. The molecule has 0 saturated carbocycles. The molecule has 5 heteroatoms. The van der Waals surface area contributed by atoms with Crippen molar-refractivity contribution in [1.29, 1.82) is 0 Å². The highest BCUT2D eigenvalue weighted by molar-refractivity contribution is 5.11. The van der Waals surface area contributed by atoms with Crippen molar-refractivity contribution in [1.82, 2.24) is 10.1 Å². The maximum atomic E-state index is 6.19. The van der Waals surface area contributed by atoms with E-state index >= 15 is 0 Å². The van der Waals surface area contributed by atoms with E-state index in [1.54, 1.807) is 0 Å². The maximum absolute atomic E-state index is 6.19. The van der Waals surface area contributed by atoms with Crippen LogP contribution in [0, 0.1) is 5.92 Å². The summed E-state index contributed by atoms with van der Waals surface area (Å²) in [7, 11) is 0. The third-order valence-electron chi connectivity index (χ3n) is 3.79. The first-order chi connectivity index (χ1) is 8.61. The predicted octanol–water partition coefficient (Wildman–Crippen LogP) is 2.82. The van der Waals surface area contributed by atoms with Gasteiger partial charge in [0.05, 0.1) is 5.41 Å². The molecule has 1 unspecified atom stereocenters. The molecule has 0 amide bonds. The summed E-state index contributed by atoms with van der Waals surface area (Å²) in [6.07, 6.45) is -0.140. The molecule has 0 aromatic carbocycles. The second kappa shape index (κ2) is 5.59. The highest BCUT2D eigenvalue weighted by atomic mass is 16.5. The van der Waals surface area contributed by atoms with Gasteiger partial charge in [-0.3, -0.25) is 0 Å². The molecule has 0 aliphatic heterocycles. The molecule has 1 aromatic rings. The number of nitrogens with zero attached hydrogens (tertiary/aromatic N) is 2. The highest BCUT2D eigenvalue weighted by Crippen LogP contribution is 2.33. The number of aromatic nitrogens is 2. The van der Waals surface area contributed by atoms with Crippen LogP contribution in [0.4, 0.5) is 0 Å². The van der Waals surface area contributed by atoms with Gasteiger partial charge in [0.15, 0.2) is 0 Å². The van der Waals surface area contributed by atoms with Gasteiger partial charge in [0, 0.05) is 12.1 Å². The van der Waals surface area contributed by atoms with Crippen LogP contribution >= 0.6 is 0 Å². The Kier molecular flexibility index (Phi) is 4.74. The fraction of sp³-hybridized carbons (Fsp3) is 0.857. The van der Waals surface area contributed by atoms with Crippen LogP contribution in [0.25, 0.3) is 0 Å². The van der Waals surface area contributed by atoms with E-state index in [0.29, 0.717) is 24.2 Å². The van der Waals surface area contributed by atoms with Gasteiger partial charge in [-0.15, -0.1) is 0 Å². The second-order valence-electron chi connectivity index (χ2n) is 6.42. The average Bonchev–Trinajstić information content (AvgIpc) is 2.73. The van der Waals surface area contributed by atoms with E-state index in [0.717, 1.165) is 0 Å². The maximum Gasteiger partial charge on any atom is 0.234 e. The normalized spacial score (nSPS) is 15.0. The summed E-state index contributed by atoms with van der Waals surface area (Å²) in [4.78, 5) is 4.51. The predicted molar refractivity (Wildman–Crippen MR) is 74.8 cm³/mol. The van der Waals surface area contributed by atoms with Gasteiger partial charge < -0.3 is 15.0 Å². The smallest absolute Gasteiger partial charge is 0.234 e. The van der Waals surface area contributed by atoms with E-state index in [1.165, 1.54) is 0 Å². The number of nitrogens with two attached hydrogens (primary N) is 1. The van der Waals surface area contributed by atoms with Crippen molar-refractivity contribution in [3.8, 4) is 0 Å². The quantitative estimate of drug-likeness (QED) is 0.859. The van der Waals surface area contributed by atoms with Crippen molar-refractivity contribution in [2.75, 3.05) is 6.61 Å². The Hall–Kier alpha value is -0.940. The van der Waals surface area contributed by atoms with Crippen molar-refractivity contribution in [2.24, 2.45) is 11.7 Å². The highest BCUT2D eigenvalue weighted by Gasteiger charge is 2.40. The number of ether oxygens (including phenoxy) is 1. The summed E-state index contributed by atoms with van der Waals surface area (Å²) in [5.74, 6) is 1.45. The minimum Gasteiger partial charge on any atom is -0.370 e. The number of rotatable bonds is 6. The summed E-state index contributed by atoms with van der Waals surface area (Å²) in [6, 6.07) is 0. The van der Waals surface area contributed by atoms with E-state index in [1.807, 2.05) is 34.6 Å². The SMILES string of the molecule is CCOC(c1noc(C(C)(C)C(C)(C)N)n1)C(C)C. The van der Waals surface area contributed by atoms with Crippen molar-refractivity contribution >= 4 is 0 Å². The lowest BCUT2D eigenvalue weighted by Gasteiger charge is -2.34. The number of hydrogen-bond donors (Lipinski definition) is 1. The Labute approximate surface area is 115 Å². The minimum atomic E-state index is -0.449. The van der Waals surface area contributed by atoms with Gasteiger partial charge in [-0.25, -0.2) is 0 Å². The summed E-state index contributed by atoms with van der Waals surface area (Å²) in [6.45, 7) is 14.7. The van der Waals surface area contributed by atoms with Gasteiger partial charge in [-0.05, 0) is 40.5 Å². The first-order valence-electron chi connectivity index (χ1n) is 6.85. The Balaban J connectivity index is 3.05. The fourth-order valence-electron chi connectivity index (χ4n) is 1.62. The summed E-state index contributed by atoms with van der Waals surface area (Å²) in [5, 5.41) is 4.07. The molecule has 0 fully saturated rings. The lowest BCUT2D eigenvalue weighted by Crippen LogP contribution is -2.50. The molecule has 1 atom stereocenters. The van der Waals surface area contributed by atoms with Gasteiger partial charge in [0.2, 0.25) is 11.7 Å². The first kappa shape index (κ1) is 16.1. The average molecular weight is 269 g/mol. The van der Waals surface area contributed by atoms with Crippen LogP contribution in [0.2, 0.25) is 0 Å². The van der Waals surface area contributed by atoms with Crippen molar-refractivity contribution in [2.45, 2.75) is 65.5 Å². The Morgan fingerprint density at radius 2 is 1.84 bits per heavy atom. The van der Waals surface area contributed by atoms with Gasteiger partial charge in [-0.1, -0.05) is 19.0 Å². The molecule has 0 bridgehead atoms. The molecule has 0 saturated heterocycles. The minimum absolute atomic E-state index is 0.140. The molecule has 0 aliphatic rings. The molecule has 5 nitrogen and oxygen atoms in total. The van der Waals surface area contributed by atoms with Crippen LogP contribution in [0.3, 0.4) is 0 Å². The molecule has 0 spiro atoms. The van der Waals surface area contributed by atoms with E-state index < -0.39 is 11.0 Å². The molecule has 1 rings (SSSR count). The zero-order valence-electron chi connectivity index (χ0n) is 13.2. The first-order valence-corrected chi connectivity index (χ1v) is 6.85. The largest absolute Gasteiger partial charge is 0.370 e. The van der Waals surface area contributed by atoms with Gasteiger partial charge in [0.1, 0.15) is 6.10 Å². The standard InChI is InChI=1S/C14H27N3O2/c1-8-18-10(9(2)3)11-16-12(19-17-11)13(4,5)14(6,7)15/h9-10H,8,15H2,1-7H3. The van der Waals surface area contributed by atoms with Crippen LogP contribution in [-0.4, -0.2) is 22.3 Å². The second-order valence-corrected chi connectivity index (χ2v) is 6.42. The van der Waals surface area contributed by atoms with E-state index in [4.69, 9.17) is 15.0 Å². The fourth-order valence-corrected chi connectivity index (χ4v) is 1.62. The molecular formula is C14H27N3O2. The van der Waals surface area contributed by atoms with E-state index in [2.05, 4.69) is 24.0 Å². The van der Waals surface area contributed by atoms with Crippen LogP contribution in [-0.2, 0) is 10.2 Å². The third-order valence-corrected chi connectivity index (χ3v) is 3.79. The molecule has 0 radical (unpaired) electrons. The molecule has 110 valence electrons. The zero-order chi connectivity index (χ0) is 14.8. The molecule has 1 aromatic heterocycles. The third kappa shape index (κ3) is 3.34. The lowest BCUT2D eigenvalue weighted by atomic mass is 9.75. The van der Waals surface area contributed by atoms with Gasteiger partial charge >= 0.3 is 0 Å². The molecular weight excluding hydrogens is 242 g/mol. The van der Waals surface area contributed by atoms with Crippen LogP contribution in [0.15, 0.2) is 4.52 Å². The van der Waals surface area contributed by atoms with Crippen molar-refractivity contribution in [3.05, 3.63) is 11.7 Å². The van der Waals surface area contributed by atoms with Crippen LogP contribution in [0.1, 0.15) is 66.3 Å². The topological polar surface area (TPSA) is 74.2 Å². The van der Waals surface area contributed by atoms with E-state index in [-0.39, 0.29) is 6.10 Å². The molecule has 19 heavy (non-hydrogen) atoms. The van der Waals surface area contributed by atoms with Gasteiger partial charge in [-0.2, -0.15) is 4.98 Å². The summed E-state index contributed by atoms with van der Waals surface area (Å²) in [5.41, 5.74) is 5.34. The van der Waals surface area contributed by atoms with Crippen LogP contribution < -0.4 is 5.73 Å². The monoisotopic (exact) mass is 269 g/mol. The van der Waals surface area contributed by atoms with Crippen molar-refractivity contribution in [3.63, 3.8) is 0 Å². The summed E-state index contributed by atoms with van der Waals surface area (Å²) >= 11 is 0. The molecule has 1 heterocycles. The Morgan fingerprint density at radius 3 is 2.26 bits per heavy atom. The van der Waals surface area contributed by atoms with Crippen LogP contribution in [0.5, 0.6) is 0 Å². The summed E-state index contributed by atoms with van der Waals surface area (Å²) < 4.78 is 11.1. The van der Waals surface area contributed by atoms with Gasteiger partial charge in [0.25, 0.3) is 0 Å². The Morgan fingerprint density at radius 1 is 1.26 bits per heavy atom. The lowest BCUT2D eigenvalue weighted by molar-refractivity contribution is 0.0217. The van der Waals surface area contributed by atoms with E-state index in [9.17, 15) is 0 Å². The molecule has 0 aliphatic carbocycles. The molecule has 2 N–H and O–H groups in total. The Bertz CT molecular complexity index is 405. The van der Waals surface area contributed by atoms with Crippen molar-refractivity contribution < 1.29 is 9.26 Å².